The van der Waals surface area contributed by atoms with Crippen LogP contribution < -0.4 is 5.73 Å². The molecule has 1 aromatic rings. The van der Waals surface area contributed by atoms with Crippen molar-refractivity contribution in [3.63, 3.8) is 0 Å². The van der Waals surface area contributed by atoms with E-state index in [1.54, 1.807) is 11.4 Å². The average molecular weight is 214 g/mol. The van der Waals surface area contributed by atoms with E-state index in [4.69, 9.17) is 5.73 Å². The first-order valence-corrected chi connectivity index (χ1v) is 5.51. The van der Waals surface area contributed by atoms with E-state index in [1.807, 2.05) is 0 Å². The highest BCUT2D eigenvalue weighted by Gasteiger charge is 2.13. The Labute approximate surface area is 86.9 Å². The van der Waals surface area contributed by atoms with Crippen molar-refractivity contribution in [2.75, 3.05) is 0 Å². The SMILES string of the molecule is CCCC[C@@H](N)c1csc([N+](=O)[O-])c1. The third kappa shape index (κ3) is 2.78. The minimum Gasteiger partial charge on any atom is -0.324 e. The standard InChI is InChI=1S/C9H14N2O2S/c1-2-3-4-8(10)7-5-9(11(12)13)14-6-7/h5-6,8H,2-4,10H2,1H3/t8-/m1/s1. The van der Waals surface area contributed by atoms with Crippen LogP contribution in [0.4, 0.5) is 5.00 Å². The fraction of sp³-hybridized carbons (Fsp3) is 0.556. The highest BCUT2D eigenvalue weighted by Crippen LogP contribution is 2.27. The molecule has 0 spiro atoms. The lowest BCUT2D eigenvalue weighted by molar-refractivity contribution is -0.380. The largest absolute Gasteiger partial charge is 0.324 e. The van der Waals surface area contributed by atoms with Gasteiger partial charge in [0.15, 0.2) is 0 Å². The van der Waals surface area contributed by atoms with Gasteiger partial charge in [0.2, 0.25) is 0 Å². The molecule has 0 unspecified atom stereocenters. The molecular formula is C9H14N2O2S. The smallest absolute Gasteiger partial charge is 0.324 e. The molecule has 78 valence electrons. The van der Waals surface area contributed by atoms with Gasteiger partial charge in [0, 0.05) is 17.5 Å². The quantitative estimate of drug-likeness (QED) is 0.605. The van der Waals surface area contributed by atoms with Crippen LogP contribution in [0.25, 0.3) is 0 Å². The van der Waals surface area contributed by atoms with E-state index in [-0.39, 0.29) is 16.0 Å². The summed E-state index contributed by atoms with van der Waals surface area (Å²) in [4.78, 5) is 10.1. The van der Waals surface area contributed by atoms with E-state index in [9.17, 15) is 10.1 Å². The molecule has 0 aromatic carbocycles. The Morgan fingerprint density at radius 3 is 2.93 bits per heavy atom. The summed E-state index contributed by atoms with van der Waals surface area (Å²) in [7, 11) is 0. The van der Waals surface area contributed by atoms with Crippen LogP contribution in [0.1, 0.15) is 37.8 Å². The lowest BCUT2D eigenvalue weighted by Crippen LogP contribution is -2.08. The lowest BCUT2D eigenvalue weighted by atomic mass is 10.1. The molecule has 1 aromatic heterocycles. The number of unbranched alkanes of at least 4 members (excludes halogenated alkanes) is 1. The number of hydrogen-bond donors (Lipinski definition) is 1. The average Bonchev–Trinajstić information content (AvgIpc) is 2.62. The zero-order valence-corrected chi connectivity index (χ0v) is 8.92. The molecule has 1 atom stereocenters. The first kappa shape index (κ1) is 11.1. The van der Waals surface area contributed by atoms with E-state index in [0.29, 0.717) is 0 Å². The van der Waals surface area contributed by atoms with E-state index < -0.39 is 0 Å². The Morgan fingerprint density at radius 1 is 1.71 bits per heavy atom. The normalized spacial score (nSPS) is 12.7. The summed E-state index contributed by atoms with van der Waals surface area (Å²) in [6.45, 7) is 2.10. The Hall–Kier alpha value is -0.940. The number of thiophene rings is 1. The van der Waals surface area contributed by atoms with Crippen LogP contribution in [0.2, 0.25) is 0 Å². The summed E-state index contributed by atoms with van der Waals surface area (Å²) in [5, 5.41) is 12.4. The van der Waals surface area contributed by atoms with Crippen molar-refractivity contribution in [3.8, 4) is 0 Å². The summed E-state index contributed by atoms with van der Waals surface area (Å²) in [6.07, 6.45) is 3.05. The maximum absolute atomic E-state index is 10.4. The van der Waals surface area contributed by atoms with Crippen LogP contribution in [0.3, 0.4) is 0 Å². The summed E-state index contributed by atoms with van der Waals surface area (Å²) in [6, 6.07) is 1.52. The molecule has 2 N–H and O–H groups in total. The molecular weight excluding hydrogens is 200 g/mol. The highest BCUT2D eigenvalue weighted by atomic mass is 32.1. The second-order valence-corrected chi connectivity index (χ2v) is 4.11. The zero-order valence-electron chi connectivity index (χ0n) is 8.10. The zero-order chi connectivity index (χ0) is 10.6. The van der Waals surface area contributed by atoms with E-state index in [1.165, 1.54) is 0 Å². The molecule has 0 fully saturated rings. The third-order valence-corrected chi connectivity index (χ3v) is 2.98. The number of nitrogens with zero attached hydrogens (tertiary/aromatic N) is 1. The Kier molecular flexibility index (Phi) is 4.03. The van der Waals surface area contributed by atoms with E-state index in [2.05, 4.69) is 6.92 Å². The van der Waals surface area contributed by atoms with Crippen molar-refractivity contribution >= 4 is 16.3 Å². The molecule has 0 aliphatic rings. The van der Waals surface area contributed by atoms with Crippen molar-refractivity contribution in [3.05, 3.63) is 27.1 Å². The summed E-state index contributed by atoms with van der Waals surface area (Å²) in [5.74, 6) is 0. The summed E-state index contributed by atoms with van der Waals surface area (Å²) in [5.41, 5.74) is 6.76. The predicted octanol–water partition coefficient (Wildman–Crippen LogP) is 2.85. The van der Waals surface area contributed by atoms with Crippen molar-refractivity contribution in [1.82, 2.24) is 0 Å². The van der Waals surface area contributed by atoms with Gasteiger partial charge in [-0.2, -0.15) is 0 Å². The van der Waals surface area contributed by atoms with E-state index in [0.717, 1.165) is 36.2 Å². The van der Waals surface area contributed by atoms with Crippen LogP contribution >= 0.6 is 11.3 Å². The molecule has 0 aliphatic heterocycles. The van der Waals surface area contributed by atoms with Crippen molar-refractivity contribution in [2.24, 2.45) is 5.73 Å². The minimum atomic E-state index is -0.374. The van der Waals surface area contributed by atoms with Gasteiger partial charge in [-0.15, -0.1) is 0 Å². The maximum Gasteiger partial charge on any atom is 0.324 e. The molecule has 14 heavy (non-hydrogen) atoms. The van der Waals surface area contributed by atoms with Gasteiger partial charge in [-0.25, -0.2) is 0 Å². The van der Waals surface area contributed by atoms with Crippen LogP contribution in [-0.4, -0.2) is 4.92 Å². The first-order chi connectivity index (χ1) is 6.65. The van der Waals surface area contributed by atoms with E-state index >= 15 is 0 Å². The van der Waals surface area contributed by atoms with Gasteiger partial charge in [0.1, 0.15) is 0 Å². The second kappa shape index (κ2) is 5.07. The summed E-state index contributed by atoms with van der Waals surface area (Å²) >= 11 is 1.14. The van der Waals surface area contributed by atoms with Crippen LogP contribution in [0.15, 0.2) is 11.4 Å². The Morgan fingerprint density at radius 2 is 2.43 bits per heavy atom. The van der Waals surface area contributed by atoms with Gasteiger partial charge in [-0.3, -0.25) is 10.1 Å². The molecule has 1 rings (SSSR count). The fourth-order valence-electron chi connectivity index (χ4n) is 1.22. The number of nitro groups is 1. The minimum absolute atomic E-state index is 0.0556. The molecule has 0 radical (unpaired) electrons. The molecule has 0 saturated heterocycles. The number of hydrogen-bond acceptors (Lipinski definition) is 4. The topological polar surface area (TPSA) is 69.2 Å². The van der Waals surface area contributed by atoms with Crippen LogP contribution in [0.5, 0.6) is 0 Å². The second-order valence-electron chi connectivity index (χ2n) is 3.22. The van der Waals surface area contributed by atoms with Gasteiger partial charge in [0.05, 0.1) is 4.92 Å². The fourth-order valence-corrected chi connectivity index (χ4v) is 2.01. The van der Waals surface area contributed by atoms with Gasteiger partial charge in [-0.1, -0.05) is 31.1 Å². The molecule has 4 nitrogen and oxygen atoms in total. The third-order valence-electron chi connectivity index (χ3n) is 2.08. The molecule has 5 heteroatoms. The van der Waals surface area contributed by atoms with Crippen LogP contribution in [0, 0.1) is 10.1 Å². The first-order valence-electron chi connectivity index (χ1n) is 4.63. The predicted molar refractivity (Wildman–Crippen MR) is 57.4 cm³/mol. The lowest BCUT2D eigenvalue weighted by Gasteiger charge is -2.07. The van der Waals surface area contributed by atoms with Crippen molar-refractivity contribution in [1.29, 1.82) is 0 Å². The molecule has 0 aliphatic carbocycles. The molecule has 0 amide bonds. The molecule has 0 bridgehead atoms. The van der Waals surface area contributed by atoms with Crippen molar-refractivity contribution < 1.29 is 4.92 Å². The van der Waals surface area contributed by atoms with Crippen LogP contribution in [-0.2, 0) is 0 Å². The Bertz CT molecular complexity index is 312. The van der Waals surface area contributed by atoms with Crippen molar-refractivity contribution in [2.45, 2.75) is 32.2 Å². The molecule has 0 saturated carbocycles. The number of nitrogens with two attached hydrogens (primary N) is 1. The monoisotopic (exact) mass is 214 g/mol. The number of rotatable bonds is 5. The molecule has 1 heterocycles. The Balaban J connectivity index is 2.61. The highest BCUT2D eigenvalue weighted by molar-refractivity contribution is 7.13. The van der Waals surface area contributed by atoms with Gasteiger partial charge < -0.3 is 5.73 Å². The van der Waals surface area contributed by atoms with Gasteiger partial charge in [0.25, 0.3) is 0 Å². The van der Waals surface area contributed by atoms with Gasteiger partial charge >= 0.3 is 5.00 Å². The summed E-state index contributed by atoms with van der Waals surface area (Å²) < 4.78 is 0. The maximum atomic E-state index is 10.4. The van der Waals surface area contributed by atoms with Gasteiger partial charge in [-0.05, 0) is 12.0 Å².